The van der Waals surface area contributed by atoms with E-state index in [2.05, 4.69) is 35.6 Å². The molecule has 1 aliphatic heterocycles. The molecule has 1 aliphatic rings. The fourth-order valence-electron chi connectivity index (χ4n) is 4.91. The number of hydrogen-bond acceptors (Lipinski definition) is 7. The normalized spacial score (nSPS) is 15.6. The topological polar surface area (TPSA) is 105 Å². The Balaban J connectivity index is 1.22. The Kier molecular flexibility index (Phi) is 5.76. The molecular formula is C26H26FN9O. The zero-order valence-electron chi connectivity index (χ0n) is 20.5. The van der Waals surface area contributed by atoms with Gasteiger partial charge in [-0.15, -0.1) is 0 Å². The fourth-order valence-corrected chi connectivity index (χ4v) is 4.91. The summed E-state index contributed by atoms with van der Waals surface area (Å²) in [6.07, 6.45) is 9.77. The molecule has 1 atom stereocenters. The van der Waals surface area contributed by atoms with E-state index in [1.807, 2.05) is 19.3 Å². The molecule has 0 spiro atoms. The molecule has 0 aliphatic carbocycles. The first-order valence-electron chi connectivity index (χ1n) is 12.1. The summed E-state index contributed by atoms with van der Waals surface area (Å²) in [5.74, 6) is -0.0805. The van der Waals surface area contributed by atoms with Crippen LogP contribution in [0.15, 0.2) is 55.2 Å². The van der Waals surface area contributed by atoms with Crippen LogP contribution in [0, 0.1) is 12.7 Å². The second-order valence-electron chi connectivity index (χ2n) is 9.32. The number of benzene rings is 1. The number of imidazole rings is 1. The number of carbonyl (C=O) groups is 1. The second kappa shape index (κ2) is 9.25. The first-order valence-corrected chi connectivity index (χ1v) is 12.1. The lowest BCUT2D eigenvalue weighted by molar-refractivity contribution is 0.102. The second-order valence-corrected chi connectivity index (χ2v) is 9.32. The minimum absolute atomic E-state index is 0.224. The largest absolute Gasteiger partial charge is 0.369 e. The maximum atomic E-state index is 14.5. The van der Waals surface area contributed by atoms with Crippen molar-refractivity contribution in [3.8, 4) is 0 Å². The molecule has 6 rings (SSSR count). The molecule has 188 valence electrons. The summed E-state index contributed by atoms with van der Waals surface area (Å²) in [5, 5.41) is 11.8. The third-order valence-electron chi connectivity index (χ3n) is 6.59. The summed E-state index contributed by atoms with van der Waals surface area (Å²) in [6.45, 7) is 4.12. The Hall–Kier alpha value is -4.38. The van der Waals surface area contributed by atoms with Gasteiger partial charge in [0.25, 0.3) is 5.91 Å². The lowest BCUT2D eigenvalue weighted by atomic mass is 10.1. The van der Waals surface area contributed by atoms with Gasteiger partial charge >= 0.3 is 0 Å². The van der Waals surface area contributed by atoms with E-state index in [0.29, 0.717) is 35.0 Å². The van der Waals surface area contributed by atoms with Crippen molar-refractivity contribution in [1.29, 1.82) is 0 Å². The number of carbonyl (C=O) groups excluding carboxylic acids is 1. The maximum Gasteiger partial charge on any atom is 0.257 e. The first kappa shape index (κ1) is 23.0. The van der Waals surface area contributed by atoms with Gasteiger partial charge < -0.3 is 19.9 Å². The number of halogens is 1. The van der Waals surface area contributed by atoms with Gasteiger partial charge in [-0.3, -0.25) is 9.48 Å². The van der Waals surface area contributed by atoms with E-state index in [0.717, 1.165) is 36.4 Å². The quantitative estimate of drug-likeness (QED) is 0.370. The minimum Gasteiger partial charge on any atom is -0.369 e. The van der Waals surface area contributed by atoms with Gasteiger partial charge in [0.2, 0.25) is 0 Å². The van der Waals surface area contributed by atoms with Crippen molar-refractivity contribution < 1.29 is 9.18 Å². The average Bonchev–Trinajstić information content (AvgIpc) is 3.60. The molecule has 0 bridgehead atoms. The molecule has 5 aromatic rings. The van der Waals surface area contributed by atoms with Crippen molar-refractivity contribution in [3.05, 3.63) is 78.1 Å². The highest BCUT2D eigenvalue weighted by molar-refractivity contribution is 6.13. The third kappa shape index (κ3) is 4.49. The third-order valence-corrected chi connectivity index (χ3v) is 6.59. The van der Waals surface area contributed by atoms with Crippen LogP contribution in [0.25, 0.3) is 16.6 Å². The predicted octanol–water partition coefficient (Wildman–Crippen LogP) is 3.08. The molecule has 0 unspecified atom stereocenters. The predicted molar refractivity (Wildman–Crippen MR) is 138 cm³/mol. The summed E-state index contributed by atoms with van der Waals surface area (Å²) in [7, 11) is 1.84. The maximum absolute atomic E-state index is 14.5. The minimum atomic E-state index is -0.500. The molecule has 2 N–H and O–H groups in total. The summed E-state index contributed by atoms with van der Waals surface area (Å²) in [6, 6.07) is 7.14. The van der Waals surface area contributed by atoms with Crippen molar-refractivity contribution in [2.45, 2.75) is 25.9 Å². The first-order chi connectivity index (χ1) is 17.9. The molecule has 1 amide bonds. The highest BCUT2D eigenvalue weighted by Crippen LogP contribution is 2.31. The highest BCUT2D eigenvalue weighted by Gasteiger charge is 2.26. The molecule has 5 heterocycles. The van der Waals surface area contributed by atoms with Crippen LogP contribution in [0.4, 0.5) is 15.8 Å². The Morgan fingerprint density at radius 2 is 2.03 bits per heavy atom. The number of anilines is 2. The van der Waals surface area contributed by atoms with Crippen molar-refractivity contribution >= 4 is 33.8 Å². The Morgan fingerprint density at radius 3 is 2.86 bits per heavy atom. The van der Waals surface area contributed by atoms with E-state index in [4.69, 9.17) is 0 Å². The standard InChI is InChI=1S/C26H26FN9O/c1-16-12-36-14-18(10-21(27)25(36)31-16)32-26(37)19-4-5-22(20-15-34(2)33-24(19)20)35-9-6-17(13-35)30-11-23-28-7-3-8-29-23/h3-5,7-8,10,12,14-15,17,30H,6,9,11,13H2,1-2H3,(H,32,37)/t17-/m1/s1. The van der Waals surface area contributed by atoms with Crippen LogP contribution in [0.3, 0.4) is 0 Å². The smallest absolute Gasteiger partial charge is 0.257 e. The van der Waals surface area contributed by atoms with E-state index < -0.39 is 5.82 Å². The van der Waals surface area contributed by atoms with Crippen LogP contribution >= 0.6 is 0 Å². The summed E-state index contributed by atoms with van der Waals surface area (Å²) in [4.78, 5) is 28.3. The lowest BCUT2D eigenvalue weighted by Gasteiger charge is -2.20. The summed E-state index contributed by atoms with van der Waals surface area (Å²) < 4.78 is 17.8. The van der Waals surface area contributed by atoms with Crippen molar-refractivity contribution in [3.63, 3.8) is 0 Å². The van der Waals surface area contributed by atoms with Crippen LogP contribution in [-0.2, 0) is 13.6 Å². The SMILES string of the molecule is Cc1cn2cc(NC(=O)c3ccc(N4CC[C@@H](NCc5ncccn5)C4)c4cn(C)nc34)cc(F)c2n1. The molecule has 11 heteroatoms. The molecule has 0 saturated carbocycles. The molecule has 4 aromatic heterocycles. The monoisotopic (exact) mass is 499 g/mol. The van der Waals surface area contributed by atoms with Gasteiger partial charge in [-0.1, -0.05) is 0 Å². The van der Waals surface area contributed by atoms with Crippen molar-refractivity contribution in [1.82, 2.24) is 34.4 Å². The number of aryl methyl sites for hydroxylation is 2. The fraction of sp³-hybridized carbons (Fsp3) is 0.269. The number of nitrogens with zero attached hydrogens (tertiary/aromatic N) is 7. The van der Waals surface area contributed by atoms with Crippen LogP contribution < -0.4 is 15.5 Å². The molecule has 1 fully saturated rings. The zero-order chi connectivity index (χ0) is 25.5. The van der Waals surface area contributed by atoms with Gasteiger partial charge in [0.1, 0.15) is 11.3 Å². The van der Waals surface area contributed by atoms with Gasteiger partial charge in [-0.2, -0.15) is 5.10 Å². The molecule has 1 saturated heterocycles. The van der Waals surface area contributed by atoms with Gasteiger partial charge in [0.05, 0.1) is 23.5 Å². The summed E-state index contributed by atoms with van der Waals surface area (Å²) >= 11 is 0. The zero-order valence-corrected chi connectivity index (χ0v) is 20.5. The van der Waals surface area contributed by atoms with Crippen LogP contribution in [0.1, 0.15) is 28.3 Å². The number of amides is 1. The van der Waals surface area contributed by atoms with E-state index in [1.165, 1.54) is 6.07 Å². The van der Waals surface area contributed by atoms with Gasteiger partial charge in [-0.05, 0) is 31.5 Å². The average molecular weight is 500 g/mol. The van der Waals surface area contributed by atoms with Crippen LogP contribution in [0.2, 0.25) is 0 Å². The van der Waals surface area contributed by atoms with E-state index >= 15 is 0 Å². The van der Waals surface area contributed by atoms with Gasteiger partial charge in [0.15, 0.2) is 11.5 Å². The number of nitrogens with one attached hydrogen (secondary N) is 2. The number of fused-ring (bicyclic) bond motifs is 2. The van der Waals surface area contributed by atoms with Crippen LogP contribution in [-0.4, -0.2) is 54.2 Å². The molecule has 1 aromatic carbocycles. The van der Waals surface area contributed by atoms with Gasteiger partial charge in [-0.25, -0.2) is 19.3 Å². The van der Waals surface area contributed by atoms with E-state index in [-0.39, 0.29) is 11.6 Å². The molecule has 10 nitrogen and oxygen atoms in total. The van der Waals surface area contributed by atoms with Gasteiger partial charge in [0, 0.05) is 74.3 Å². The Labute approximate surface area is 212 Å². The number of hydrogen-bond donors (Lipinski definition) is 2. The Morgan fingerprint density at radius 1 is 1.19 bits per heavy atom. The molecule has 37 heavy (non-hydrogen) atoms. The van der Waals surface area contributed by atoms with Crippen molar-refractivity contribution in [2.75, 3.05) is 23.3 Å². The van der Waals surface area contributed by atoms with Crippen LogP contribution in [0.5, 0.6) is 0 Å². The Bertz CT molecular complexity index is 1610. The lowest BCUT2D eigenvalue weighted by Crippen LogP contribution is -2.32. The highest BCUT2D eigenvalue weighted by atomic mass is 19.1. The number of pyridine rings is 1. The molecule has 0 radical (unpaired) electrons. The van der Waals surface area contributed by atoms with E-state index in [1.54, 1.807) is 52.9 Å². The number of aromatic nitrogens is 6. The van der Waals surface area contributed by atoms with E-state index in [9.17, 15) is 9.18 Å². The van der Waals surface area contributed by atoms with Crippen molar-refractivity contribution in [2.24, 2.45) is 7.05 Å². The summed E-state index contributed by atoms with van der Waals surface area (Å²) in [5.41, 5.74) is 3.32. The number of rotatable bonds is 6. The molecular weight excluding hydrogens is 473 g/mol.